The summed E-state index contributed by atoms with van der Waals surface area (Å²) in [5.74, 6) is -4.85. The zero-order valence-corrected chi connectivity index (χ0v) is 16.3. The summed E-state index contributed by atoms with van der Waals surface area (Å²) in [4.78, 5) is 49.8. The van der Waals surface area contributed by atoms with Crippen LogP contribution in [-0.2, 0) is 19.1 Å². The molecule has 2 fully saturated rings. The lowest BCUT2D eigenvalue weighted by Gasteiger charge is -2.40. The number of amides is 1. The number of esters is 2. The Balaban J connectivity index is 1.62. The van der Waals surface area contributed by atoms with Gasteiger partial charge in [-0.05, 0) is 36.7 Å². The van der Waals surface area contributed by atoms with E-state index in [-0.39, 0.29) is 12.2 Å². The van der Waals surface area contributed by atoms with Crippen molar-refractivity contribution in [2.75, 3.05) is 13.6 Å². The van der Waals surface area contributed by atoms with Gasteiger partial charge in [-0.2, -0.15) is 0 Å². The Bertz CT molecular complexity index is 1050. The van der Waals surface area contributed by atoms with Gasteiger partial charge >= 0.3 is 17.8 Å². The zero-order valence-electron chi connectivity index (χ0n) is 16.3. The number of hydrogen-bond acceptors (Lipinski definition) is 7. The number of likely N-dealkylation sites (tertiary alicyclic amines) is 1. The number of rotatable bonds is 4. The predicted octanol–water partition coefficient (Wildman–Crippen LogP) is 1.73. The summed E-state index contributed by atoms with van der Waals surface area (Å²) in [5, 5.41) is 0. The first-order valence-corrected chi connectivity index (χ1v) is 9.52. The van der Waals surface area contributed by atoms with Crippen molar-refractivity contribution in [2.45, 2.75) is 18.8 Å². The number of nitrogens with zero attached hydrogens (tertiary/aromatic N) is 1. The van der Waals surface area contributed by atoms with Gasteiger partial charge in [-0.15, -0.1) is 0 Å². The molecule has 154 valence electrons. The highest BCUT2D eigenvalue weighted by Gasteiger charge is 2.55. The maximum atomic E-state index is 13.2. The van der Waals surface area contributed by atoms with Crippen molar-refractivity contribution in [3.63, 3.8) is 0 Å². The smallest absolute Gasteiger partial charge is 0.400 e. The highest BCUT2D eigenvalue weighted by Crippen LogP contribution is 2.38. The van der Waals surface area contributed by atoms with E-state index in [2.05, 4.69) is 0 Å². The average molecular weight is 408 g/mol. The van der Waals surface area contributed by atoms with Crippen molar-refractivity contribution in [3.05, 3.63) is 59.7 Å². The molecule has 1 atom stereocenters. The van der Waals surface area contributed by atoms with Crippen molar-refractivity contribution >= 4 is 23.6 Å². The number of carbonyl (C=O) groups is 4. The van der Waals surface area contributed by atoms with Gasteiger partial charge in [-0.1, -0.05) is 36.4 Å². The molecule has 0 aliphatic carbocycles. The number of nitrogens with two attached hydrogens (primary N) is 1. The van der Waals surface area contributed by atoms with E-state index in [0.717, 1.165) is 0 Å². The van der Waals surface area contributed by atoms with Crippen LogP contribution in [-0.4, -0.2) is 48.0 Å². The van der Waals surface area contributed by atoms with Crippen molar-refractivity contribution < 1.29 is 28.7 Å². The standard InChI is InChI=1S/C22H20N2O6/c1-24-10-9-15(12-22(24)29-20(27)21(28)30-22)18(25)14-6-4-5-13(11-14)16-7-2-3-8-17(16)19(23)26/h2-8,11,15H,9-10,12H2,1H3,(H2,23,26). The molecule has 0 aromatic heterocycles. The summed E-state index contributed by atoms with van der Waals surface area (Å²) in [6.07, 6.45) is 0.580. The Kier molecular flexibility index (Phi) is 4.87. The molecule has 2 heterocycles. The second-order valence-corrected chi connectivity index (χ2v) is 7.46. The number of Topliss-reactive ketones (excluding diaryl/α,β-unsaturated/α-hetero) is 1. The van der Waals surface area contributed by atoms with Crippen LogP contribution in [0.3, 0.4) is 0 Å². The first kappa shape index (κ1) is 19.8. The van der Waals surface area contributed by atoms with Crippen LogP contribution in [0, 0.1) is 5.92 Å². The van der Waals surface area contributed by atoms with Crippen LogP contribution in [0.2, 0.25) is 0 Å². The SMILES string of the molecule is CN1CCC(C(=O)c2cccc(-c3ccccc3C(N)=O)c2)CC12OC(=O)C(=O)O2. The van der Waals surface area contributed by atoms with Crippen LogP contribution in [0.1, 0.15) is 33.6 Å². The van der Waals surface area contributed by atoms with E-state index in [0.29, 0.717) is 35.2 Å². The Labute approximate surface area is 172 Å². The van der Waals surface area contributed by atoms with E-state index in [9.17, 15) is 19.2 Å². The molecule has 1 unspecified atom stereocenters. The monoisotopic (exact) mass is 408 g/mol. The lowest BCUT2D eigenvalue weighted by atomic mass is 9.86. The summed E-state index contributed by atoms with van der Waals surface area (Å²) in [7, 11) is 1.67. The van der Waals surface area contributed by atoms with Crippen molar-refractivity contribution in [3.8, 4) is 11.1 Å². The zero-order chi connectivity index (χ0) is 21.5. The summed E-state index contributed by atoms with van der Waals surface area (Å²) >= 11 is 0. The molecule has 2 saturated heterocycles. The lowest BCUT2D eigenvalue weighted by Crippen LogP contribution is -2.54. The molecule has 0 radical (unpaired) electrons. The number of piperidine rings is 1. The number of primary amides is 1. The van der Waals surface area contributed by atoms with E-state index >= 15 is 0 Å². The Morgan fingerprint density at radius 3 is 2.47 bits per heavy atom. The molecule has 2 aromatic carbocycles. The van der Waals surface area contributed by atoms with Gasteiger partial charge < -0.3 is 15.2 Å². The molecule has 8 nitrogen and oxygen atoms in total. The molecule has 1 spiro atoms. The normalized spacial score (nSPS) is 20.6. The summed E-state index contributed by atoms with van der Waals surface area (Å²) in [6.45, 7) is 0.418. The maximum Gasteiger partial charge on any atom is 0.421 e. The van der Waals surface area contributed by atoms with E-state index in [1.807, 2.05) is 0 Å². The fraction of sp³-hybridized carbons (Fsp3) is 0.273. The average Bonchev–Trinajstić information content (AvgIpc) is 3.03. The number of ketones is 1. The lowest BCUT2D eigenvalue weighted by molar-refractivity contribution is -0.261. The maximum absolute atomic E-state index is 13.2. The molecule has 30 heavy (non-hydrogen) atoms. The van der Waals surface area contributed by atoms with E-state index in [4.69, 9.17) is 15.2 Å². The summed E-state index contributed by atoms with van der Waals surface area (Å²) in [5.41, 5.74) is 7.62. The van der Waals surface area contributed by atoms with Crippen molar-refractivity contribution in [2.24, 2.45) is 11.7 Å². The molecule has 8 heteroatoms. The highest BCUT2D eigenvalue weighted by atomic mass is 16.8. The largest absolute Gasteiger partial charge is 0.421 e. The Hall–Kier alpha value is -3.52. The third kappa shape index (κ3) is 3.35. The molecule has 1 amide bonds. The topological polar surface area (TPSA) is 116 Å². The van der Waals surface area contributed by atoms with E-state index < -0.39 is 29.7 Å². The number of carbonyl (C=O) groups excluding carboxylic acids is 4. The predicted molar refractivity (Wildman–Crippen MR) is 105 cm³/mol. The molecule has 0 bridgehead atoms. The third-order valence-electron chi connectivity index (χ3n) is 5.59. The third-order valence-corrected chi connectivity index (χ3v) is 5.59. The molecule has 2 aromatic rings. The second-order valence-electron chi connectivity index (χ2n) is 7.46. The van der Waals surface area contributed by atoms with Crippen LogP contribution in [0.25, 0.3) is 11.1 Å². The number of hydrogen-bond donors (Lipinski definition) is 1. The van der Waals surface area contributed by atoms with Gasteiger partial charge in [0, 0.05) is 23.6 Å². The van der Waals surface area contributed by atoms with Crippen molar-refractivity contribution in [1.29, 1.82) is 0 Å². The van der Waals surface area contributed by atoms with E-state index in [1.54, 1.807) is 60.5 Å². The number of benzene rings is 2. The quantitative estimate of drug-likeness (QED) is 0.465. The molecule has 0 saturated carbocycles. The van der Waals surface area contributed by atoms with Gasteiger partial charge in [0.25, 0.3) is 0 Å². The van der Waals surface area contributed by atoms with Crippen LogP contribution in [0.4, 0.5) is 0 Å². The highest BCUT2D eigenvalue weighted by molar-refractivity contribution is 6.31. The molecular formula is C22H20N2O6. The van der Waals surface area contributed by atoms with Gasteiger partial charge in [-0.25, -0.2) is 14.5 Å². The Morgan fingerprint density at radius 1 is 1.07 bits per heavy atom. The fourth-order valence-corrected chi connectivity index (χ4v) is 3.97. The minimum absolute atomic E-state index is 0.0575. The molecule has 2 N–H and O–H groups in total. The molecule has 2 aliphatic rings. The molecule has 2 aliphatic heterocycles. The van der Waals surface area contributed by atoms with Gasteiger partial charge in [0.15, 0.2) is 5.78 Å². The van der Waals surface area contributed by atoms with Crippen LogP contribution in [0.15, 0.2) is 48.5 Å². The van der Waals surface area contributed by atoms with Gasteiger partial charge in [0.2, 0.25) is 5.91 Å². The summed E-state index contributed by atoms with van der Waals surface area (Å²) in [6, 6.07) is 13.9. The molecule has 4 rings (SSSR count). The first-order chi connectivity index (χ1) is 14.3. The van der Waals surface area contributed by atoms with Gasteiger partial charge in [0.05, 0.1) is 6.42 Å². The van der Waals surface area contributed by atoms with Gasteiger partial charge in [-0.3, -0.25) is 9.59 Å². The fourth-order valence-electron chi connectivity index (χ4n) is 3.97. The van der Waals surface area contributed by atoms with Crippen LogP contribution in [0.5, 0.6) is 0 Å². The minimum Gasteiger partial charge on any atom is -0.400 e. The molecular weight excluding hydrogens is 388 g/mol. The summed E-state index contributed by atoms with van der Waals surface area (Å²) < 4.78 is 10.4. The van der Waals surface area contributed by atoms with Gasteiger partial charge in [0.1, 0.15) is 0 Å². The Morgan fingerprint density at radius 2 is 1.77 bits per heavy atom. The van der Waals surface area contributed by atoms with E-state index in [1.165, 1.54) is 0 Å². The number of ether oxygens (including phenoxy) is 2. The van der Waals surface area contributed by atoms with Crippen LogP contribution < -0.4 is 5.73 Å². The second kappa shape index (κ2) is 7.38. The minimum atomic E-state index is -1.54. The van der Waals surface area contributed by atoms with Crippen LogP contribution >= 0.6 is 0 Å². The van der Waals surface area contributed by atoms with Crippen molar-refractivity contribution in [1.82, 2.24) is 4.90 Å². The first-order valence-electron chi connectivity index (χ1n) is 9.52.